The Morgan fingerprint density at radius 3 is 2.92 bits per heavy atom. The van der Waals surface area contributed by atoms with Gasteiger partial charge in [0.15, 0.2) is 0 Å². The second-order valence-electron chi connectivity index (χ2n) is 6.91. The third-order valence-electron chi connectivity index (χ3n) is 4.68. The molecule has 1 aliphatic heterocycles. The van der Waals surface area contributed by atoms with Crippen LogP contribution >= 0.6 is 0 Å². The largest absolute Gasteiger partial charge is 0.488 e. The van der Waals surface area contributed by atoms with Crippen molar-refractivity contribution in [1.29, 1.82) is 0 Å². The Labute approximate surface area is 152 Å². The summed E-state index contributed by atoms with van der Waals surface area (Å²) in [7, 11) is 0. The topological polar surface area (TPSA) is 80.2 Å². The van der Waals surface area contributed by atoms with Crippen LogP contribution < -0.4 is 15.0 Å². The van der Waals surface area contributed by atoms with Gasteiger partial charge in [-0.3, -0.25) is 9.78 Å². The lowest BCUT2D eigenvalue weighted by Gasteiger charge is -2.18. The van der Waals surface area contributed by atoms with Gasteiger partial charge in [0.1, 0.15) is 23.5 Å². The molecule has 4 rings (SSSR count). The predicted molar refractivity (Wildman–Crippen MR) is 97.0 cm³/mol. The van der Waals surface area contributed by atoms with Crippen LogP contribution in [0.2, 0.25) is 0 Å². The molecule has 0 bridgehead atoms. The van der Waals surface area contributed by atoms with Gasteiger partial charge in [-0.25, -0.2) is 9.97 Å². The van der Waals surface area contributed by atoms with Gasteiger partial charge in [0, 0.05) is 44.3 Å². The molecule has 2 aliphatic rings. The minimum Gasteiger partial charge on any atom is -0.488 e. The molecule has 1 unspecified atom stereocenters. The summed E-state index contributed by atoms with van der Waals surface area (Å²) in [6.07, 6.45) is 7.06. The van der Waals surface area contributed by atoms with Gasteiger partial charge < -0.3 is 15.0 Å². The lowest BCUT2D eigenvalue weighted by atomic mass is 10.3. The van der Waals surface area contributed by atoms with Gasteiger partial charge in [-0.15, -0.1) is 0 Å². The van der Waals surface area contributed by atoms with Crippen molar-refractivity contribution in [1.82, 2.24) is 20.3 Å². The first kappa shape index (κ1) is 16.8. The van der Waals surface area contributed by atoms with Crippen LogP contribution in [0.1, 0.15) is 43.6 Å². The number of hydrogen-bond donors (Lipinski definition) is 1. The summed E-state index contributed by atoms with van der Waals surface area (Å²) in [6.45, 7) is 3.64. The molecule has 7 heteroatoms. The Balaban J connectivity index is 1.36. The zero-order valence-electron chi connectivity index (χ0n) is 14.9. The van der Waals surface area contributed by atoms with Crippen molar-refractivity contribution < 1.29 is 9.53 Å². The van der Waals surface area contributed by atoms with E-state index in [1.807, 2.05) is 24.4 Å². The van der Waals surface area contributed by atoms with Crippen molar-refractivity contribution in [2.24, 2.45) is 0 Å². The van der Waals surface area contributed by atoms with E-state index >= 15 is 0 Å². The molecule has 3 heterocycles. The summed E-state index contributed by atoms with van der Waals surface area (Å²) >= 11 is 0. The predicted octanol–water partition coefficient (Wildman–Crippen LogP) is 2.04. The van der Waals surface area contributed by atoms with Crippen LogP contribution in [0.4, 0.5) is 5.82 Å². The highest BCUT2D eigenvalue weighted by atomic mass is 16.5. The van der Waals surface area contributed by atoms with E-state index in [0.717, 1.165) is 42.6 Å². The molecular formula is C19H23N5O2. The monoisotopic (exact) mass is 353 g/mol. The number of aromatic nitrogens is 3. The summed E-state index contributed by atoms with van der Waals surface area (Å²) in [4.78, 5) is 26.7. The van der Waals surface area contributed by atoms with Crippen LogP contribution in [-0.4, -0.2) is 40.1 Å². The third kappa shape index (κ3) is 4.09. The second-order valence-corrected chi connectivity index (χ2v) is 6.91. The number of rotatable bonds is 6. The van der Waals surface area contributed by atoms with Crippen LogP contribution in [0, 0.1) is 0 Å². The maximum Gasteiger partial charge on any atom is 0.217 e. The first-order chi connectivity index (χ1) is 12.7. The summed E-state index contributed by atoms with van der Waals surface area (Å²) in [6, 6.07) is 5.72. The van der Waals surface area contributed by atoms with Crippen molar-refractivity contribution in [3.8, 4) is 5.75 Å². The first-order valence-corrected chi connectivity index (χ1v) is 9.11. The van der Waals surface area contributed by atoms with Gasteiger partial charge in [0.25, 0.3) is 0 Å². The van der Waals surface area contributed by atoms with Crippen LogP contribution in [0.3, 0.4) is 0 Å². The molecular weight excluding hydrogens is 330 g/mol. The average Bonchev–Trinajstić information content (AvgIpc) is 3.40. The number of ether oxygens (including phenoxy) is 1. The van der Waals surface area contributed by atoms with Gasteiger partial charge in [0.05, 0.1) is 18.8 Å². The van der Waals surface area contributed by atoms with E-state index in [-0.39, 0.29) is 12.0 Å². The first-order valence-electron chi connectivity index (χ1n) is 9.11. The van der Waals surface area contributed by atoms with Crippen molar-refractivity contribution >= 4 is 11.7 Å². The van der Waals surface area contributed by atoms with E-state index in [2.05, 4.69) is 20.2 Å². The SMILES string of the molecule is CC(=O)NCc1cc(OC2CCN(c3ccnc(C4CC4)n3)C2)ccn1. The molecule has 2 aromatic rings. The maximum atomic E-state index is 11.0. The second kappa shape index (κ2) is 7.27. The molecule has 0 aromatic carbocycles. The molecule has 0 radical (unpaired) electrons. The van der Waals surface area contributed by atoms with Gasteiger partial charge in [-0.05, 0) is 25.0 Å². The third-order valence-corrected chi connectivity index (χ3v) is 4.68. The number of anilines is 1. The van der Waals surface area contributed by atoms with Crippen molar-refractivity contribution in [3.63, 3.8) is 0 Å². The number of hydrogen-bond acceptors (Lipinski definition) is 6. The molecule has 7 nitrogen and oxygen atoms in total. The standard InChI is InChI=1S/C19H23N5O2/c1-13(25)22-11-15-10-16(4-7-20-15)26-17-6-9-24(12-17)18-5-8-21-19(23-18)14-2-3-14/h4-5,7-8,10,14,17H,2-3,6,9,11-12H2,1H3,(H,22,25). The smallest absolute Gasteiger partial charge is 0.217 e. The molecule has 0 spiro atoms. The molecule has 26 heavy (non-hydrogen) atoms. The van der Waals surface area contributed by atoms with Gasteiger partial charge in [0.2, 0.25) is 5.91 Å². The fourth-order valence-electron chi connectivity index (χ4n) is 3.14. The van der Waals surface area contributed by atoms with Gasteiger partial charge in [-0.1, -0.05) is 0 Å². The summed E-state index contributed by atoms with van der Waals surface area (Å²) in [5.41, 5.74) is 0.789. The van der Waals surface area contributed by atoms with Crippen molar-refractivity contribution in [3.05, 3.63) is 42.1 Å². The van der Waals surface area contributed by atoms with E-state index in [1.165, 1.54) is 19.8 Å². The fraction of sp³-hybridized carbons (Fsp3) is 0.474. The minimum absolute atomic E-state index is 0.0695. The Morgan fingerprint density at radius 1 is 1.27 bits per heavy atom. The van der Waals surface area contributed by atoms with Crippen molar-refractivity contribution in [2.75, 3.05) is 18.0 Å². The Morgan fingerprint density at radius 2 is 2.12 bits per heavy atom. The molecule has 1 saturated heterocycles. The highest BCUT2D eigenvalue weighted by molar-refractivity contribution is 5.72. The van der Waals surface area contributed by atoms with Gasteiger partial charge in [-0.2, -0.15) is 0 Å². The van der Waals surface area contributed by atoms with Gasteiger partial charge >= 0.3 is 0 Å². The summed E-state index contributed by atoms with van der Waals surface area (Å²) in [5, 5.41) is 2.75. The van der Waals surface area contributed by atoms with E-state index < -0.39 is 0 Å². The van der Waals surface area contributed by atoms with Crippen LogP contribution in [0.15, 0.2) is 30.6 Å². The molecule has 2 fully saturated rings. The van der Waals surface area contributed by atoms with Crippen LogP contribution in [0.5, 0.6) is 5.75 Å². The Hall–Kier alpha value is -2.70. The lowest BCUT2D eigenvalue weighted by molar-refractivity contribution is -0.119. The number of nitrogens with zero attached hydrogens (tertiary/aromatic N) is 4. The quantitative estimate of drug-likeness (QED) is 0.856. The summed E-state index contributed by atoms with van der Waals surface area (Å²) < 4.78 is 6.13. The normalized spacial score (nSPS) is 19.4. The summed E-state index contributed by atoms with van der Waals surface area (Å²) in [5.74, 6) is 3.25. The Kier molecular flexibility index (Phi) is 4.69. The Bertz CT molecular complexity index is 793. The van der Waals surface area contributed by atoms with E-state index in [4.69, 9.17) is 9.72 Å². The zero-order chi connectivity index (χ0) is 17.9. The average molecular weight is 353 g/mol. The molecule has 2 aromatic heterocycles. The number of nitrogens with one attached hydrogen (secondary N) is 1. The number of pyridine rings is 1. The number of carbonyl (C=O) groups excluding carboxylic acids is 1. The fourth-order valence-corrected chi connectivity index (χ4v) is 3.14. The molecule has 136 valence electrons. The van der Waals surface area contributed by atoms with E-state index in [1.54, 1.807) is 6.20 Å². The molecule has 1 N–H and O–H groups in total. The molecule has 1 atom stereocenters. The molecule has 1 aliphatic carbocycles. The van der Waals surface area contributed by atoms with Crippen molar-refractivity contribution in [2.45, 2.75) is 44.8 Å². The number of carbonyl (C=O) groups is 1. The van der Waals surface area contributed by atoms with Crippen LogP contribution in [-0.2, 0) is 11.3 Å². The lowest BCUT2D eigenvalue weighted by Crippen LogP contribution is -2.25. The van der Waals surface area contributed by atoms with E-state index in [0.29, 0.717) is 12.5 Å². The minimum atomic E-state index is -0.0695. The maximum absolute atomic E-state index is 11.0. The highest BCUT2D eigenvalue weighted by Gasteiger charge is 2.29. The van der Waals surface area contributed by atoms with E-state index in [9.17, 15) is 4.79 Å². The molecule has 1 amide bonds. The highest BCUT2D eigenvalue weighted by Crippen LogP contribution is 2.38. The van der Waals surface area contributed by atoms with Crippen LogP contribution in [0.25, 0.3) is 0 Å². The zero-order valence-corrected chi connectivity index (χ0v) is 14.9. The number of amides is 1. The molecule has 1 saturated carbocycles.